The van der Waals surface area contributed by atoms with Gasteiger partial charge in [-0.25, -0.2) is 9.37 Å². The first-order valence-corrected chi connectivity index (χ1v) is 11.3. The molecule has 1 saturated carbocycles. The lowest BCUT2D eigenvalue weighted by Gasteiger charge is -2.16. The molecule has 1 aromatic carbocycles. The molecule has 2 aromatic heterocycles. The molecule has 4 rings (SSSR count). The van der Waals surface area contributed by atoms with E-state index in [2.05, 4.69) is 25.8 Å². The Kier molecular flexibility index (Phi) is 6.40. The quantitative estimate of drug-likeness (QED) is 0.505. The number of benzene rings is 1. The van der Waals surface area contributed by atoms with Crippen LogP contribution >= 0.6 is 11.6 Å². The zero-order chi connectivity index (χ0) is 24.6. The Morgan fingerprint density at radius 2 is 1.97 bits per heavy atom. The normalized spacial score (nSPS) is 14.5. The molecule has 1 aliphatic rings. The molecule has 3 aromatic rings. The molecule has 0 radical (unpaired) electrons. The van der Waals surface area contributed by atoms with Crippen LogP contribution < -0.4 is 10.6 Å². The van der Waals surface area contributed by atoms with Gasteiger partial charge in [0, 0.05) is 28.1 Å². The molecule has 0 bridgehead atoms. The summed E-state index contributed by atoms with van der Waals surface area (Å²) in [5.74, 6) is -0.562. The Labute approximate surface area is 201 Å². The molecular weight excluding hydrogens is 461 g/mol. The highest BCUT2D eigenvalue weighted by Gasteiger charge is 2.30. The Morgan fingerprint density at radius 3 is 2.62 bits per heavy atom. The Balaban J connectivity index is 1.51. The van der Waals surface area contributed by atoms with Gasteiger partial charge in [-0.1, -0.05) is 37.5 Å². The van der Waals surface area contributed by atoms with Gasteiger partial charge in [0.15, 0.2) is 0 Å². The van der Waals surface area contributed by atoms with Crippen molar-refractivity contribution in [2.75, 3.05) is 5.32 Å². The van der Waals surface area contributed by atoms with Gasteiger partial charge in [-0.3, -0.25) is 9.59 Å². The topological polar surface area (TPSA) is 110 Å². The number of halogens is 2. The third-order valence-corrected chi connectivity index (χ3v) is 5.77. The van der Waals surface area contributed by atoms with Crippen LogP contribution in [0.1, 0.15) is 68.7 Å². The maximum atomic E-state index is 15.1. The first-order valence-electron chi connectivity index (χ1n) is 10.9. The van der Waals surface area contributed by atoms with Gasteiger partial charge in [-0.15, -0.1) is 0 Å². The monoisotopic (exact) mass is 485 g/mol. The van der Waals surface area contributed by atoms with Crippen molar-refractivity contribution in [3.05, 3.63) is 58.6 Å². The van der Waals surface area contributed by atoms with E-state index in [4.69, 9.17) is 16.1 Å². The summed E-state index contributed by atoms with van der Waals surface area (Å²) < 4.78 is 20.2. The number of aromatic nitrogens is 3. The number of pyridine rings is 1. The van der Waals surface area contributed by atoms with Crippen LogP contribution in [0.25, 0.3) is 11.1 Å². The van der Waals surface area contributed by atoms with Crippen molar-refractivity contribution in [2.24, 2.45) is 5.92 Å². The molecule has 1 aliphatic carbocycles. The lowest BCUT2D eigenvalue weighted by Crippen LogP contribution is -2.28. The highest BCUT2D eigenvalue weighted by molar-refractivity contribution is 6.31. The summed E-state index contributed by atoms with van der Waals surface area (Å²) in [5, 5.41) is 9.47. The first-order chi connectivity index (χ1) is 16.0. The summed E-state index contributed by atoms with van der Waals surface area (Å²) in [6, 6.07) is 5.38. The van der Waals surface area contributed by atoms with E-state index < -0.39 is 23.2 Å². The van der Waals surface area contributed by atoms with Crippen LogP contribution in [-0.4, -0.2) is 26.9 Å². The van der Waals surface area contributed by atoms with Gasteiger partial charge in [-0.2, -0.15) is 4.98 Å². The van der Waals surface area contributed by atoms with E-state index in [9.17, 15) is 9.59 Å². The third-order valence-electron chi connectivity index (χ3n) is 5.44. The van der Waals surface area contributed by atoms with Gasteiger partial charge in [-0.05, 0) is 55.2 Å². The van der Waals surface area contributed by atoms with Crippen LogP contribution in [0.15, 0.2) is 35.0 Å². The van der Waals surface area contributed by atoms with E-state index in [0.29, 0.717) is 22.8 Å². The average Bonchev–Trinajstić information content (AvgIpc) is 3.50. The first kappa shape index (κ1) is 23.8. The molecule has 1 atom stereocenters. The summed E-state index contributed by atoms with van der Waals surface area (Å²) in [6.07, 6.45) is 3.24. The molecule has 0 saturated heterocycles. The second-order valence-corrected chi connectivity index (χ2v) is 9.82. The fourth-order valence-corrected chi connectivity index (χ4v) is 3.64. The predicted molar refractivity (Wildman–Crippen MR) is 125 cm³/mol. The zero-order valence-corrected chi connectivity index (χ0v) is 20.0. The molecule has 2 amide bonds. The SMILES string of the molecule is C[C@H](NC(=O)c1noc(C(C)(C)C)n1)c1cc(F)c(-c2ccnc(NC(=O)C3CC3)c2)cc1Cl. The molecular formula is C24H25ClFN5O3. The van der Waals surface area contributed by atoms with Crippen LogP contribution in [0.4, 0.5) is 10.2 Å². The van der Waals surface area contributed by atoms with Crippen LogP contribution in [-0.2, 0) is 10.2 Å². The average molecular weight is 486 g/mol. The summed E-state index contributed by atoms with van der Waals surface area (Å²) in [4.78, 5) is 32.8. The van der Waals surface area contributed by atoms with E-state index in [1.165, 1.54) is 18.3 Å². The van der Waals surface area contributed by atoms with Crippen LogP contribution in [0, 0.1) is 11.7 Å². The minimum Gasteiger partial charge on any atom is -0.343 e. The number of hydrogen-bond acceptors (Lipinski definition) is 6. The summed E-state index contributed by atoms with van der Waals surface area (Å²) in [6.45, 7) is 7.35. The molecule has 0 spiro atoms. The Bertz CT molecular complexity index is 1250. The van der Waals surface area contributed by atoms with Crippen molar-refractivity contribution < 1.29 is 18.5 Å². The zero-order valence-electron chi connectivity index (χ0n) is 19.3. The largest absolute Gasteiger partial charge is 0.343 e. The molecule has 34 heavy (non-hydrogen) atoms. The number of anilines is 1. The number of nitrogens with zero attached hydrogens (tertiary/aromatic N) is 3. The summed E-state index contributed by atoms with van der Waals surface area (Å²) in [7, 11) is 0. The fourth-order valence-electron chi connectivity index (χ4n) is 3.31. The van der Waals surface area contributed by atoms with Gasteiger partial charge in [0.25, 0.3) is 11.7 Å². The van der Waals surface area contributed by atoms with Crippen LogP contribution in [0.5, 0.6) is 0 Å². The molecule has 2 heterocycles. The summed E-state index contributed by atoms with van der Waals surface area (Å²) >= 11 is 6.46. The Hall–Kier alpha value is -3.33. The lowest BCUT2D eigenvalue weighted by atomic mass is 9.97. The third kappa shape index (κ3) is 5.25. The van der Waals surface area contributed by atoms with Crippen molar-refractivity contribution in [1.29, 1.82) is 0 Å². The standard InChI is InChI=1S/C24H25ClFN5O3/c1-12(28-22(33)20-30-23(34-31-20)24(2,3)4)15-11-18(26)16(10-17(15)25)14-7-8-27-19(9-14)29-21(32)13-5-6-13/h7-13H,5-6H2,1-4H3,(H,28,33)(H,27,29,32)/t12-/m0/s1. The number of nitrogens with one attached hydrogen (secondary N) is 2. The van der Waals surface area contributed by atoms with Gasteiger partial charge in [0.05, 0.1) is 6.04 Å². The second-order valence-electron chi connectivity index (χ2n) is 9.42. The Morgan fingerprint density at radius 1 is 1.24 bits per heavy atom. The van der Waals surface area contributed by atoms with Crippen molar-refractivity contribution in [1.82, 2.24) is 20.4 Å². The molecule has 1 fully saturated rings. The molecule has 0 unspecified atom stereocenters. The minimum absolute atomic E-state index is 0.0279. The van der Waals surface area contributed by atoms with Crippen molar-refractivity contribution in [2.45, 2.75) is 52.0 Å². The number of rotatable bonds is 6. The van der Waals surface area contributed by atoms with Crippen molar-refractivity contribution >= 4 is 29.2 Å². The maximum Gasteiger partial charge on any atom is 0.293 e. The van der Waals surface area contributed by atoms with Crippen LogP contribution in [0.3, 0.4) is 0 Å². The molecule has 178 valence electrons. The molecule has 2 N–H and O–H groups in total. The number of carbonyl (C=O) groups is 2. The van der Waals surface area contributed by atoms with Crippen LogP contribution in [0.2, 0.25) is 5.02 Å². The van der Waals surface area contributed by atoms with E-state index >= 15 is 4.39 Å². The summed E-state index contributed by atoms with van der Waals surface area (Å²) in [5.41, 5.74) is 0.773. The molecule has 10 heteroatoms. The van der Waals surface area contributed by atoms with E-state index in [1.54, 1.807) is 19.1 Å². The number of hydrogen-bond donors (Lipinski definition) is 2. The second kappa shape index (κ2) is 9.13. The number of amides is 2. The van der Waals surface area contributed by atoms with Gasteiger partial charge < -0.3 is 15.2 Å². The van der Waals surface area contributed by atoms with E-state index in [1.807, 2.05) is 20.8 Å². The van der Waals surface area contributed by atoms with Gasteiger partial charge >= 0.3 is 0 Å². The highest BCUT2D eigenvalue weighted by atomic mass is 35.5. The highest BCUT2D eigenvalue weighted by Crippen LogP contribution is 2.33. The van der Waals surface area contributed by atoms with Crippen molar-refractivity contribution in [3.63, 3.8) is 0 Å². The predicted octanol–water partition coefficient (Wildman–Crippen LogP) is 5.06. The smallest absolute Gasteiger partial charge is 0.293 e. The maximum absolute atomic E-state index is 15.1. The fraction of sp³-hybridized carbons (Fsp3) is 0.375. The molecule has 8 nitrogen and oxygen atoms in total. The van der Waals surface area contributed by atoms with Crippen molar-refractivity contribution in [3.8, 4) is 11.1 Å². The van der Waals surface area contributed by atoms with E-state index in [-0.39, 0.29) is 28.2 Å². The van der Waals surface area contributed by atoms with E-state index in [0.717, 1.165) is 12.8 Å². The van der Waals surface area contributed by atoms with Gasteiger partial charge in [0.1, 0.15) is 11.6 Å². The molecule has 0 aliphatic heterocycles. The van der Waals surface area contributed by atoms with Gasteiger partial charge in [0.2, 0.25) is 11.8 Å². The lowest BCUT2D eigenvalue weighted by molar-refractivity contribution is -0.117. The minimum atomic E-state index is -0.619. The number of carbonyl (C=O) groups excluding carboxylic acids is 2.